The molecular formula is C20H20F2N2O2. The van der Waals surface area contributed by atoms with E-state index in [1.54, 1.807) is 18.2 Å². The van der Waals surface area contributed by atoms with E-state index in [0.717, 1.165) is 27.7 Å². The molecule has 136 valence electrons. The Morgan fingerprint density at radius 1 is 1.15 bits per heavy atom. The Morgan fingerprint density at radius 2 is 1.88 bits per heavy atom. The zero-order valence-corrected chi connectivity index (χ0v) is 14.6. The number of rotatable bonds is 6. The van der Waals surface area contributed by atoms with Crippen molar-refractivity contribution in [1.29, 1.82) is 0 Å². The van der Waals surface area contributed by atoms with Crippen molar-refractivity contribution in [2.45, 2.75) is 26.9 Å². The van der Waals surface area contributed by atoms with Gasteiger partial charge in [-0.3, -0.25) is 4.79 Å². The maximum Gasteiger partial charge on any atom is 0.387 e. The van der Waals surface area contributed by atoms with Crippen LogP contribution in [-0.4, -0.2) is 24.0 Å². The van der Waals surface area contributed by atoms with Crippen molar-refractivity contribution in [2.75, 3.05) is 6.54 Å². The molecule has 0 unspecified atom stereocenters. The summed E-state index contributed by atoms with van der Waals surface area (Å²) in [7, 11) is 0. The van der Waals surface area contributed by atoms with E-state index >= 15 is 0 Å². The number of hydrogen-bond acceptors (Lipinski definition) is 2. The number of alkyl halides is 2. The number of carbonyl (C=O) groups excluding carboxylic acids is 1. The van der Waals surface area contributed by atoms with Crippen LogP contribution in [0, 0.1) is 13.8 Å². The molecule has 0 saturated carbocycles. The average molecular weight is 358 g/mol. The zero-order valence-electron chi connectivity index (χ0n) is 14.6. The van der Waals surface area contributed by atoms with Crippen molar-refractivity contribution in [3.05, 3.63) is 64.8 Å². The van der Waals surface area contributed by atoms with Crippen LogP contribution in [0.1, 0.15) is 27.2 Å². The summed E-state index contributed by atoms with van der Waals surface area (Å²) in [5, 5.41) is 3.93. The SMILES string of the molecule is Cc1[nH]c2ccc(C(=O)NCCc3ccc(OC(F)F)cc3)cc2c1C. The van der Waals surface area contributed by atoms with E-state index in [1.165, 1.54) is 12.1 Å². The second-order valence-corrected chi connectivity index (χ2v) is 6.16. The maximum atomic E-state index is 12.3. The van der Waals surface area contributed by atoms with Crippen LogP contribution in [-0.2, 0) is 6.42 Å². The number of fused-ring (bicyclic) bond motifs is 1. The minimum atomic E-state index is -2.83. The van der Waals surface area contributed by atoms with Gasteiger partial charge in [0.05, 0.1) is 0 Å². The van der Waals surface area contributed by atoms with Gasteiger partial charge in [-0.05, 0) is 61.7 Å². The number of nitrogens with one attached hydrogen (secondary N) is 2. The van der Waals surface area contributed by atoms with E-state index in [9.17, 15) is 13.6 Å². The molecule has 0 atom stereocenters. The van der Waals surface area contributed by atoms with Crippen LogP contribution in [0.15, 0.2) is 42.5 Å². The number of hydrogen-bond donors (Lipinski definition) is 2. The molecule has 0 aliphatic carbocycles. The molecule has 0 spiro atoms. The smallest absolute Gasteiger partial charge is 0.387 e. The maximum absolute atomic E-state index is 12.3. The first-order valence-corrected chi connectivity index (χ1v) is 8.35. The summed E-state index contributed by atoms with van der Waals surface area (Å²) in [5.41, 5.74) is 4.79. The minimum Gasteiger partial charge on any atom is -0.435 e. The highest BCUT2D eigenvalue weighted by Crippen LogP contribution is 2.22. The molecule has 3 rings (SSSR count). The first kappa shape index (κ1) is 17.9. The van der Waals surface area contributed by atoms with E-state index in [1.807, 2.05) is 26.0 Å². The molecule has 3 aromatic rings. The summed E-state index contributed by atoms with van der Waals surface area (Å²) in [6, 6.07) is 12.0. The highest BCUT2D eigenvalue weighted by molar-refractivity contribution is 5.99. The number of aromatic nitrogens is 1. The van der Waals surface area contributed by atoms with Gasteiger partial charge >= 0.3 is 6.61 Å². The monoisotopic (exact) mass is 358 g/mol. The van der Waals surface area contributed by atoms with E-state index in [2.05, 4.69) is 15.0 Å². The van der Waals surface area contributed by atoms with Crippen molar-refractivity contribution in [2.24, 2.45) is 0 Å². The summed E-state index contributed by atoms with van der Waals surface area (Å²) in [6.07, 6.45) is 0.602. The van der Waals surface area contributed by atoms with Gasteiger partial charge in [-0.2, -0.15) is 8.78 Å². The van der Waals surface area contributed by atoms with Gasteiger partial charge in [0.15, 0.2) is 0 Å². The summed E-state index contributed by atoms with van der Waals surface area (Å²) < 4.78 is 28.6. The molecule has 2 aromatic carbocycles. The number of carbonyl (C=O) groups is 1. The Balaban J connectivity index is 1.58. The van der Waals surface area contributed by atoms with E-state index < -0.39 is 6.61 Å². The largest absolute Gasteiger partial charge is 0.435 e. The lowest BCUT2D eigenvalue weighted by atomic mass is 10.1. The quantitative estimate of drug-likeness (QED) is 0.688. The Kier molecular flexibility index (Phi) is 5.21. The molecule has 1 heterocycles. The van der Waals surface area contributed by atoms with Crippen LogP contribution in [0.5, 0.6) is 5.75 Å². The van der Waals surface area contributed by atoms with Crippen molar-refractivity contribution < 1.29 is 18.3 Å². The second-order valence-electron chi connectivity index (χ2n) is 6.16. The fraction of sp³-hybridized carbons (Fsp3) is 0.250. The highest BCUT2D eigenvalue weighted by atomic mass is 19.3. The van der Waals surface area contributed by atoms with Crippen LogP contribution in [0.2, 0.25) is 0 Å². The van der Waals surface area contributed by atoms with Gasteiger partial charge in [-0.25, -0.2) is 0 Å². The lowest BCUT2D eigenvalue weighted by Gasteiger charge is -2.07. The van der Waals surface area contributed by atoms with Gasteiger partial charge < -0.3 is 15.0 Å². The van der Waals surface area contributed by atoms with Gasteiger partial charge in [0.25, 0.3) is 5.91 Å². The third-order valence-electron chi connectivity index (χ3n) is 4.42. The third kappa shape index (κ3) is 4.02. The number of aromatic amines is 1. The van der Waals surface area contributed by atoms with Crippen LogP contribution in [0.25, 0.3) is 10.9 Å². The predicted molar refractivity (Wildman–Crippen MR) is 96.9 cm³/mol. The first-order valence-electron chi connectivity index (χ1n) is 8.35. The van der Waals surface area contributed by atoms with Gasteiger partial charge in [0.1, 0.15) is 5.75 Å². The molecule has 0 fully saturated rings. The van der Waals surface area contributed by atoms with Crippen LogP contribution >= 0.6 is 0 Å². The van der Waals surface area contributed by atoms with Crippen molar-refractivity contribution in [1.82, 2.24) is 10.3 Å². The number of benzene rings is 2. The van der Waals surface area contributed by atoms with Gasteiger partial charge in [-0.15, -0.1) is 0 Å². The summed E-state index contributed by atoms with van der Waals surface area (Å²) >= 11 is 0. The highest BCUT2D eigenvalue weighted by Gasteiger charge is 2.10. The molecule has 1 aromatic heterocycles. The number of H-pyrrole nitrogens is 1. The molecule has 2 N–H and O–H groups in total. The summed E-state index contributed by atoms with van der Waals surface area (Å²) in [5.74, 6) is -0.0129. The average Bonchev–Trinajstić information content (AvgIpc) is 2.90. The molecule has 0 aliphatic rings. The normalized spacial score (nSPS) is 11.1. The molecule has 6 heteroatoms. The van der Waals surface area contributed by atoms with E-state index in [4.69, 9.17) is 0 Å². The molecule has 0 saturated heterocycles. The number of amides is 1. The fourth-order valence-corrected chi connectivity index (χ4v) is 2.86. The number of aryl methyl sites for hydroxylation is 2. The summed E-state index contributed by atoms with van der Waals surface area (Å²) in [4.78, 5) is 15.6. The number of halogens is 2. The molecule has 26 heavy (non-hydrogen) atoms. The van der Waals surface area contributed by atoms with Gasteiger partial charge in [0, 0.05) is 28.7 Å². The van der Waals surface area contributed by atoms with Crippen LogP contribution < -0.4 is 10.1 Å². The lowest BCUT2D eigenvalue weighted by Crippen LogP contribution is -2.25. The topological polar surface area (TPSA) is 54.1 Å². The molecule has 4 nitrogen and oxygen atoms in total. The van der Waals surface area contributed by atoms with Crippen LogP contribution in [0.3, 0.4) is 0 Å². The summed E-state index contributed by atoms with van der Waals surface area (Å²) in [6.45, 7) is 1.66. The third-order valence-corrected chi connectivity index (χ3v) is 4.42. The molecule has 0 aliphatic heterocycles. The van der Waals surface area contributed by atoms with Crippen molar-refractivity contribution in [3.8, 4) is 5.75 Å². The Bertz CT molecular complexity index is 917. The predicted octanol–water partition coefficient (Wildman–Crippen LogP) is 4.36. The Hall–Kier alpha value is -2.89. The van der Waals surface area contributed by atoms with Crippen molar-refractivity contribution in [3.63, 3.8) is 0 Å². The van der Waals surface area contributed by atoms with Crippen LogP contribution in [0.4, 0.5) is 8.78 Å². The molecule has 0 bridgehead atoms. The van der Waals surface area contributed by atoms with E-state index in [-0.39, 0.29) is 11.7 Å². The molecule has 0 radical (unpaired) electrons. The first-order chi connectivity index (χ1) is 12.4. The molecule has 1 amide bonds. The fourth-order valence-electron chi connectivity index (χ4n) is 2.86. The van der Waals surface area contributed by atoms with Gasteiger partial charge in [0.2, 0.25) is 0 Å². The van der Waals surface area contributed by atoms with Crippen molar-refractivity contribution >= 4 is 16.8 Å². The lowest BCUT2D eigenvalue weighted by molar-refractivity contribution is -0.0498. The standard InChI is InChI=1S/C20H20F2N2O2/c1-12-13(2)24-18-8-5-15(11-17(12)18)19(25)23-10-9-14-3-6-16(7-4-14)26-20(21)22/h3-8,11,20,24H,9-10H2,1-2H3,(H,23,25). The number of ether oxygens (including phenoxy) is 1. The zero-order chi connectivity index (χ0) is 18.7. The van der Waals surface area contributed by atoms with E-state index in [0.29, 0.717) is 18.5 Å². The Labute approximate surface area is 150 Å². The molecular weight excluding hydrogens is 338 g/mol. The van der Waals surface area contributed by atoms with Gasteiger partial charge in [-0.1, -0.05) is 12.1 Å². The minimum absolute atomic E-state index is 0.123. The second kappa shape index (κ2) is 7.56. The Morgan fingerprint density at radius 3 is 2.58 bits per heavy atom.